The van der Waals surface area contributed by atoms with Crippen LogP contribution in [0.15, 0.2) is 88.3 Å². The molecular formula is C30H27N3O7S. The Morgan fingerprint density at radius 2 is 1.71 bits per heavy atom. The number of rotatable bonds is 9. The summed E-state index contributed by atoms with van der Waals surface area (Å²) in [5.74, 6) is 0.770. The average molecular weight is 574 g/mol. The molecule has 11 heteroatoms. The van der Waals surface area contributed by atoms with Crippen molar-refractivity contribution in [2.75, 3.05) is 14.2 Å². The molecule has 0 spiro atoms. The standard InChI is InChI=1S/C30H27N3O7S/c1-19-15-30(31-40-19)33(35)41(36,37)23-12-9-20(10-13-23)27(34)14-11-22-16-24(29(39-4)18-28(22)38-3)26-17-21-7-5-6-8-25(21)32(26)2/h5-18,33H,1-4H3/b14-11+. The van der Waals surface area contributed by atoms with Gasteiger partial charge in [-0.1, -0.05) is 18.2 Å². The molecular weight excluding hydrogens is 546 g/mol. The maximum absolute atomic E-state index is 13.0. The van der Waals surface area contributed by atoms with Gasteiger partial charge in [-0.3, -0.25) is 4.79 Å². The third kappa shape index (κ3) is 5.25. The lowest BCUT2D eigenvalue weighted by Gasteiger charge is -2.17. The Kier molecular flexibility index (Phi) is 7.50. The van der Waals surface area contributed by atoms with Crippen LogP contribution in [0.2, 0.25) is 0 Å². The quantitative estimate of drug-likeness (QED) is 0.156. The molecule has 2 aromatic heterocycles. The average Bonchev–Trinajstić information content (AvgIpc) is 3.57. The number of methoxy groups -OCH3 is 2. The number of fused-ring (bicyclic) bond motifs is 1. The molecule has 0 saturated carbocycles. The number of carbonyl (C=O) groups excluding carboxylic acids is 1. The van der Waals surface area contributed by atoms with Crippen molar-refractivity contribution in [2.24, 2.45) is 7.05 Å². The summed E-state index contributed by atoms with van der Waals surface area (Å²) >= 11 is 0. The number of sulfonamides is 1. The Bertz CT molecular complexity index is 1890. The maximum atomic E-state index is 13.0. The summed E-state index contributed by atoms with van der Waals surface area (Å²) in [6.07, 6.45) is 3.01. The highest BCUT2D eigenvalue weighted by molar-refractivity contribution is 7.85. The van der Waals surface area contributed by atoms with E-state index in [4.69, 9.17) is 14.0 Å². The Labute approximate surface area is 236 Å². The minimum atomic E-state index is -4.36. The van der Waals surface area contributed by atoms with Gasteiger partial charge in [0, 0.05) is 40.7 Å². The van der Waals surface area contributed by atoms with Crippen LogP contribution < -0.4 is 13.9 Å². The van der Waals surface area contributed by atoms with Crippen LogP contribution in [-0.2, 0) is 17.1 Å². The number of nitrogens with one attached hydrogen (secondary N) is 1. The van der Waals surface area contributed by atoms with E-state index < -0.39 is 14.5 Å². The number of ketones is 1. The number of hydrogen-bond donors (Lipinski definition) is 1. The molecule has 1 atom stereocenters. The highest BCUT2D eigenvalue weighted by atomic mass is 32.2. The molecule has 1 N–H and O–H groups in total. The van der Waals surface area contributed by atoms with Crippen LogP contribution in [0.5, 0.6) is 11.5 Å². The first-order chi connectivity index (χ1) is 19.6. The highest BCUT2D eigenvalue weighted by Crippen LogP contribution is 2.38. The molecule has 0 aliphatic rings. The molecule has 1 unspecified atom stereocenters. The molecule has 0 saturated heterocycles. The van der Waals surface area contributed by atoms with E-state index in [0.717, 1.165) is 22.2 Å². The molecule has 10 nitrogen and oxygen atoms in total. The Hall–Kier alpha value is -4.71. The fourth-order valence-electron chi connectivity index (χ4n) is 4.57. The summed E-state index contributed by atoms with van der Waals surface area (Å²) in [6.45, 7) is 1.55. The minimum absolute atomic E-state index is 0.242. The fraction of sp³-hybridized carbons (Fsp3) is 0.133. The third-order valence-electron chi connectivity index (χ3n) is 6.72. The number of para-hydroxylation sites is 1. The van der Waals surface area contributed by atoms with Crippen LogP contribution in [0.1, 0.15) is 21.7 Å². The van der Waals surface area contributed by atoms with E-state index in [-0.39, 0.29) is 22.1 Å². The molecule has 0 fully saturated rings. The van der Waals surface area contributed by atoms with Crippen LogP contribution >= 0.6 is 0 Å². The summed E-state index contributed by atoms with van der Waals surface area (Å²) in [4.78, 5) is 12.7. The van der Waals surface area contributed by atoms with Crippen molar-refractivity contribution in [2.45, 2.75) is 11.8 Å². The van der Waals surface area contributed by atoms with Gasteiger partial charge in [-0.2, -0.15) is 8.42 Å². The normalized spacial score (nSPS) is 12.6. The summed E-state index contributed by atoms with van der Waals surface area (Å²) in [7, 11) is 0.739. The Morgan fingerprint density at radius 3 is 2.34 bits per heavy atom. The number of allylic oxidation sites excluding steroid dienone is 1. The van der Waals surface area contributed by atoms with Crippen LogP contribution in [0.4, 0.5) is 5.82 Å². The van der Waals surface area contributed by atoms with E-state index in [2.05, 4.69) is 15.8 Å². The molecule has 5 aromatic rings. The first kappa shape index (κ1) is 27.8. The van der Waals surface area contributed by atoms with Gasteiger partial charge >= 0.3 is 10.0 Å². The number of hydrogen-bond acceptors (Lipinski definition) is 8. The van der Waals surface area contributed by atoms with Crippen molar-refractivity contribution in [3.8, 4) is 22.8 Å². The zero-order valence-corrected chi connectivity index (χ0v) is 23.6. The number of carbonyl (C=O) groups is 1. The van der Waals surface area contributed by atoms with E-state index in [9.17, 15) is 18.4 Å². The number of ether oxygens (including phenoxy) is 2. The third-order valence-corrected chi connectivity index (χ3v) is 8.31. The van der Waals surface area contributed by atoms with Crippen molar-refractivity contribution in [1.29, 1.82) is 0 Å². The maximum Gasteiger partial charge on any atom is 0.331 e. The fourth-order valence-corrected chi connectivity index (χ4v) is 5.65. The van der Waals surface area contributed by atoms with Crippen LogP contribution in [0.3, 0.4) is 0 Å². The van der Waals surface area contributed by atoms with E-state index >= 15 is 0 Å². The van der Waals surface area contributed by atoms with E-state index in [1.54, 1.807) is 26.2 Å². The van der Waals surface area contributed by atoms with Gasteiger partial charge in [0.2, 0.25) is 0 Å². The lowest BCUT2D eigenvalue weighted by molar-refractivity contribution is -0.629. The number of benzene rings is 3. The second kappa shape index (κ2) is 11.0. The molecule has 2 heterocycles. The summed E-state index contributed by atoms with van der Waals surface area (Å²) in [6, 6.07) is 20.2. The van der Waals surface area contributed by atoms with Crippen LogP contribution in [0.25, 0.3) is 28.2 Å². The van der Waals surface area contributed by atoms with Crippen LogP contribution in [-0.4, -0.2) is 38.1 Å². The largest absolute Gasteiger partial charge is 0.611 e. The molecule has 0 aliphatic carbocycles. The predicted molar refractivity (Wildman–Crippen MR) is 154 cm³/mol. The van der Waals surface area contributed by atoms with Gasteiger partial charge in [0.1, 0.15) is 22.2 Å². The second-order valence-electron chi connectivity index (χ2n) is 9.28. The van der Waals surface area contributed by atoms with E-state index in [1.807, 2.05) is 37.4 Å². The molecule has 0 amide bonds. The van der Waals surface area contributed by atoms with Gasteiger partial charge in [0.05, 0.1) is 26.0 Å². The minimum Gasteiger partial charge on any atom is -0.611 e. The van der Waals surface area contributed by atoms with Crippen molar-refractivity contribution in [1.82, 2.24) is 9.72 Å². The molecule has 0 radical (unpaired) electrons. The summed E-state index contributed by atoms with van der Waals surface area (Å²) in [5.41, 5.74) is 3.70. The van der Waals surface area contributed by atoms with Gasteiger partial charge in [0.15, 0.2) is 5.78 Å². The molecule has 0 aliphatic heterocycles. The molecule has 41 heavy (non-hydrogen) atoms. The zero-order valence-electron chi connectivity index (χ0n) is 22.7. The Morgan fingerprint density at radius 1 is 1.00 bits per heavy atom. The summed E-state index contributed by atoms with van der Waals surface area (Å²) in [5, 5.41) is 17.0. The number of aromatic nitrogens is 2. The van der Waals surface area contributed by atoms with Gasteiger partial charge in [-0.05, 0) is 66.7 Å². The smallest absolute Gasteiger partial charge is 0.331 e. The monoisotopic (exact) mass is 573 g/mol. The van der Waals surface area contributed by atoms with Crippen molar-refractivity contribution >= 4 is 38.6 Å². The van der Waals surface area contributed by atoms with Gasteiger partial charge in [-0.25, -0.2) is 4.47 Å². The van der Waals surface area contributed by atoms with E-state index in [0.29, 0.717) is 22.8 Å². The first-order valence-corrected chi connectivity index (χ1v) is 14.0. The number of aryl methyl sites for hydroxylation is 2. The topological polar surface area (TPSA) is 128 Å². The predicted octanol–water partition coefficient (Wildman–Crippen LogP) is 4.46. The second-order valence-corrected chi connectivity index (χ2v) is 11.1. The molecule has 3 aromatic carbocycles. The highest BCUT2D eigenvalue weighted by Gasteiger charge is 2.26. The van der Waals surface area contributed by atoms with Crippen molar-refractivity contribution in [3.63, 3.8) is 0 Å². The number of nitrogens with zero attached hydrogens (tertiary/aromatic N) is 2. The van der Waals surface area contributed by atoms with Crippen LogP contribution in [0, 0.1) is 12.1 Å². The van der Waals surface area contributed by atoms with Gasteiger partial charge in [0.25, 0.3) is 5.82 Å². The van der Waals surface area contributed by atoms with Gasteiger partial charge < -0.3 is 23.8 Å². The lowest BCUT2D eigenvalue weighted by Crippen LogP contribution is -3.04. The van der Waals surface area contributed by atoms with Crippen molar-refractivity contribution < 1.29 is 31.7 Å². The Balaban J connectivity index is 1.43. The zero-order chi connectivity index (χ0) is 29.3. The van der Waals surface area contributed by atoms with Gasteiger partial charge in [-0.15, -0.1) is 0 Å². The molecule has 0 bridgehead atoms. The van der Waals surface area contributed by atoms with Crippen molar-refractivity contribution in [3.05, 3.63) is 101 Å². The SMILES string of the molecule is COc1cc(OC)c(-c2cc3ccccc3n2C)cc1/C=C/C(=O)c1ccc(S(=O)(=O)[NH+]([O-])c2cc(C)on2)cc1. The first-order valence-electron chi connectivity index (χ1n) is 12.5. The number of quaternary nitrogens is 1. The van der Waals surface area contributed by atoms with E-state index in [1.165, 1.54) is 43.5 Å². The summed E-state index contributed by atoms with van der Waals surface area (Å²) < 4.78 is 42.4. The lowest BCUT2D eigenvalue weighted by atomic mass is 10.0. The molecule has 210 valence electrons. The molecule has 5 rings (SSSR count).